The first-order chi connectivity index (χ1) is 25.8. The molecule has 15 heteroatoms. The molecular formula is C39H40ClF4N5O5. The first-order valence-electron chi connectivity index (χ1n) is 17.8. The van der Waals surface area contributed by atoms with Crippen LogP contribution in [0.15, 0.2) is 42.5 Å². The van der Waals surface area contributed by atoms with Crippen LogP contribution in [0.3, 0.4) is 0 Å². The number of rotatable bonds is 11. The van der Waals surface area contributed by atoms with Crippen molar-refractivity contribution in [2.45, 2.75) is 77.4 Å². The number of carbonyl (C=O) groups is 2. The number of amides is 1. The number of nitrogens with one attached hydrogen (secondary N) is 2. The molecule has 0 saturated heterocycles. The Labute approximate surface area is 314 Å². The normalized spacial score (nSPS) is 17.5. The van der Waals surface area contributed by atoms with E-state index in [9.17, 15) is 22.8 Å². The average Bonchev–Trinajstić information content (AvgIpc) is 3.85. The Morgan fingerprint density at radius 3 is 2.54 bits per heavy atom. The second-order valence-corrected chi connectivity index (χ2v) is 14.4. The lowest BCUT2D eigenvalue weighted by molar-refractivity contribution is -0.181. The molecule has 2 N–H and O–H groups in total. The number of hydrogen-bond acceptors (Lipinski definition) is 8. The maximum Gasteiger partial charge on any atom is 0.403 e. The average molecular weight is 770 g/mol. The summed E-state index contributed by atoms with van der Waals surface area (Å²) >= 11 is 6.49. The Hall–Kier alpha value is -4.66. The SMILES string of the molecule is COc1cc(OC2CCc3c(-c4cccc(NC(=O)c5nc6c(n5C)CCN(C(C)C(F)(F)F)C6)c4C)cccc32)c(Cl)c(F)c1CNOC(=O)C1CC1. The zero-order valence-corrected chi connectivity index (χ0v) is 31.0. The molecule has 1 saturated carbocycles. The van der Waals surface area contributed by atoms with Gasteiger partial charge in [0.15, 0.2) is 11.6 Å². The largest absolute Gasteiger partial charge is 0.496 e. The first-order valence-corrected chi connectivity index (χ1v) is 18.2. The Morgan fingerprint density at radius 1 is 1.07 bits per heavy atom. The Balaban J connectivity index is 1.08. The molecule has 2 heterocycles. The number of fused-ring (bicyclic) bond motifs is 2. The van der Waals surface area contributed by atoms with E-state index >= 15 is 4.39 Å². The van der Waals surface area contributed by atoms with Crippen LogP contribution in [-0.4, -0.2) is 52.2 Å². The molecule has 1 aliphatic heterocycles. The first kappa shape index (κ1) is 37.6. The van der Waals surface area contributed by atoms with E-state index < -0.39 is 30.0 Å². The van der Waals surface area contributed by atoms with Gasteiger partial charge in [-0.1, -0.05) is 41.9 Å². The van der Waals surface area contributed by atoms with Gasteiger partial charge in [-0.2, -0.15) is 13.2 Å². The van der Waals surface area contributed by atoms with Crippen molar-refractivity contribution in [1.82, 2.24) is 19.9 Å². The zero-order chi connectivity index (χ0) is 38.5. The van der Waals surface area contributed by atoms with Gasteiger partial charge in [-0.25, -0.2) is 9.37 Å². The van der Waals surface area contributed by atoms with Crippen molar-refractivity contribution >= 4 is 29.2 Å². The number of imidazole rings is 1. The fraction of sp³-hybridized carbons (Fsp3) is 0.410. The number of hydroxylamine groups is 1. The molecule has 0 bridgehead atoms. The maximum atomic E-state index is 15.6. The van der Waals surface area contributed by atoms with Crippen molar-refractivity contribution in [2.24, 2.45) is 13.0 Å². The van der Waals surface area contributed by atoms with Gasteiger partial charge in [-0.3, -0.25) is 14.5 Å². The van der Waals surface area contributed by atoms with Crippen LogP contribution in [0.2, 0.25) is 5.02 Å². The molecule has 0 spiro atoms. The molecule has 2 unspecified atom stereocenters. The van der Waals surface area contributed by atoms with E-state index in [1.165, 1.54) is 18.1 Å². The summed E-state index contributed by atoms with van der Waals surface area (Å²) in [6, 6.07) is 11.4. The highest BCUT2D eigenvalue weighted by Crippen LogP contribution is 2.45. The highest BCUT2D eigenvalue weighted by atomic mass is 35.5. The summed E-state index contributed by atoms with van der Waals surface area (Å²) in [4.78, 5) is 36.3. The van der Waals surface area contributed by atoms with E-state index in [-0.39, 0.29) is 59.4 Å². The minimum absolute atomic E-state index is 0.00582. The van der Waals surface area contributed by atoms with Crippen LogP contribution < -0.4 is 20.3 Å². The van der Waals surface area contributed by atoms with E-state index in [2.05, 4.69) is 15.8 Å². The van der Waals surface area contributed by atoms with Gasteiger partial charge in [0.05, 0.1) is 25.3 Å². The van der Waals surface area contributed by atoms with Gasteiger partial charge in [-0.15, -0.1) is 5.48 Å². The Kier molecular flexibility index (Phi) is 10.4. The number of halogens is 5. The highest BCUT2D eigenvalue weighted by molar-refractivity contribution is 6.32. The number of anilines is 1. The van der Waals surface area contributed by atoms with Crippen molar-refractivity contribution in [3.63, 3.8) is 0 Å². The Bertz CT molecular complexity index is 2120. The third-order valence-corrected chi connectivity index (χ3v) is 11.0. The van der Waals surface area contributed by atoms with Crippen LogP contribution in [0.4, 0.5) is 23.2 Å². The van der Waals surface area contributed by atoms with Gasteiger partial charge >= 0.3 is 12.1 Å². The number of ether oxygens (including phenoxy) is 2. The molecule has 1 amide bonds. The molecule has 286 valence electrons. The smallest absolute Gasteiger partial charge is 0.403 e. The number of benzene rings is 3. The fourth-order valence-corrected chi connectivity index (χ4v) is 7.52. The van der Waals surface area contributed by atoms with Crippen LogP contribution in [-0.2, 0) is 42.6 Å². The molecule has 3 aliphatic rings. The van der Waals surface area contributed by atoms with Crippen molar-refractivity contribution < 1.29 is 41.5 Å². The minimum Gasteiger partial charge on any atom is -0.496 e. The van der Waals surface area contributed by atoms with Gasteiger partial charge in [-0.05, 0) is 73.4 Å². The topological polar surface area (TPSA) is 107 Å². The quantitative estimate of drug-likeness (QED) is 0.118. The van der Waals surface area contributed by atoms with Gasteiger partial charge in [0.1, 0.15) is 28.7 Å². The van der Waals surface area contributed by atoms with Crippen molar-refractivity contribution in [1.29, 1.82) is 0 Å². The zero-order valence-electron chi connectivity index (χ0n) is 30.2. The van der Waals surface area contributed by atoms with Gasteiger partial charge in [0.2, 0.25) is 0 Å². The van der Waals surface area contributed by atoms with E-state index in [0.717, 1.165) is 53.3 Å². The molecule has 4 aromatic rings. The highest BCUT2D eigenvalue weighted by Gasteiger charge is 2.42. The molecule has 10 nitrogen and oxygen atoms in total. The maximum absolute atomic E-state index is 15.6. The number of carbonyl (C=O) groups excluding carboxylic acids is 2. The monoisotopic (exact) mass is 769 g/mol. The van der Waals surface area contributed by atoms with Gasteiger partial charge in [0.25, 0.3) is 5.91 Å². The summed E-state index contributed by atoms with van der Waals surface area (Å²) in [6.45, 7) is 3.12. The summed E-state index contributed by atoms with van der Waals surface area (Å²) in [6.07, 6.45) is -1.61. The third-order valence-electron chi connectivity index (χ3n) is 10.7. The molecule has 54 heavy (non-hydrogen) atoms. The van der Waals surface area contributed by atoms with Crippen molar-refractivity contribution in [3.8, 4) is 22.6 Å². The lowest BCUT2D eigenvalue weighted by Gasteiger charge is -2.33. The fourth-order valence-electron chi connectivity index (χ4n) is 7.31. The predicted octanol–water partition coefficient (Wildman–Crippen LogP) is 7.78. The number of methoxy groups -OCH3 is 1. The van der Waals surface area contributed by atoms with Crippen LogP contribution in [0.5, 0.6) is 11.5 Å². The molecule has 1 fully saturated rings. The summed E-state index contributed by atoms with van der Waals surface area (Å²) < 4.78 is 69.2. The summed E-state index contributed by atoms with van der Waals surface area (Å²) in [5.74, 6) is -1.28. The van der Waals surface area contributed by atoms with E-state index in [0.29, 0.717) is 30.6 Å². The lowest BCUT2D eigenvalue weighted by atomic mass is 9.93. The Morgan fingerprint density at radius 2 is 1.81 bits per heavy atom. The molecule has 2 aliphatic carbocycles. The summed E-state index contributed by atoms with van der Waals surface area (Å²) in [7, 11) is 3.11. The van der Waals surface area contributed by atoms with Crippen LogP contribution in [0, 0.1) is 18.7 Å². The standard InChI is InChI=1S/C39H40ClF4N5O5/c1-20-23(7-6-10-28(20)47-37(50)36-46-29-19-49(21(2)39(42,43)44)16-15-30(29)48(36)3)24-8-5-9-26-25(24)13-14-31(26)53-33-17-32(52-4)27(35(41)34(33)40)18-45-54-38(51)22-11-12-22/h5-10,17,21-22,31,45H,11-16,18-19H2,1-4H3,(H,47,50). The van der Waals surface area contributed by atoms with Crippen LogP contribution in [0.25, 0.3) is 11.1 Å². The molecule has 7 rings (SSSR count). The number of hydrogen-bond donors (Lipinski definition) is 2. The van der Waals surface area contributed by atoms with Gasteiger partial charge in [0, 0.05) is 49.6 Å². The van der Waals surface area contributed by atoms with Gasteiger partial charge < -0.3 is 24.2 Å². The van der Waals surface area contributed by atoms with Crippen molar-refractivity contribution in [2.75, 3.05) is 19.0 Å². The van der Waals surface area contributed by atoms with E-state index in [1.54, 1.807) is 17.7 Å². The van der Waals surface area contributed by atoms with Crippen LogP contribution in [0.1, 0.15) is 76.6 Å². The van der Waals surface area contributed by atoms with E-state index in [1.807, 2.05) is 37.3 Å². The lowest BCUT2D eigenvalue weighted by Crippen LogP contribution is -2.46. The number of nitrogens with zero attached hydrogens (tertiary/aromatic N) is 3. The van der Waals surface area contributed by atoms with Crippen LogP contribution >= 0.6 is 11.6 Å². The second kappa shape index (κ2) is 14.9. The minimum atomic E-state index is -4.36. The number of alkyl halides is 3. The van der Waals surface area contributed by atoms with E-state index in [4.69, 9.17) is 25.9 Å². The van der Waals surface area contributed by atoms with Crippen molar-refractivity contribution in [3.05, 3.63) is 92.8 Å². The molecule has 3 aromatic carbocycles. The molecular weight excluding hydrogens is 730 g/mol. The third kappa shape index (κ3) is 7.26. The second-order valence-electron chi connectivity index (χ2n) is 14.0. The molecule has 2 atom stereocenters. The predicted molar refractivity (Wildman–Crippen MR) is 193 cm³/mol. The summed E-state index contributed by atoms with van der Waals surface area (Å²) in [5, 5.41) is 2.76. The molecule has 0 radical (unpaired) electrons. The number of aromatic nitrogens is 2. The summed E-state index contributed by atoms with van der Waals surface area (Å²) in [5.41, 5.74) is 9.02. The molecule has 1 aromatic heterocycles.